The number of para-hydroxylation sites is 1. The van der Waals surface area contributed by atoms with Crippen molar-refractivity contribution in [3.8, 4) is 22.9 Å². The molecule has 3 aliphatic rings. The maximum atomic E-state index is 14.5. The lowest BCUT2D eigenvalue weighted by molar-refractivity contribution is -0.139. The van der Waals surface area contributed by atoms with Crippen LogP contribution in [0.2, 0.25) is 0 Å². The summed E-state index contributed by atoms with van der Waals surface area (Å²) in [6, 6.07) is 12.7. The third-order valence-corrected chi connectivity index (χ3v) is 13.1. The first-order valence-electron chi connectivity index (χ1n) is 20.6. The summed E-state index contributed by atoms with van der Waals surface area (Å²) in [7, 11) is -2.79. The summed E-state index contributed by atoms with van der Waals surface area (Å²) in [6.45, 7) is 6.04. The second kappa shape index (κ2) is 18.5. The highest BCUT2D eigenvalue weighted by atomic mass is 32.2. The lowest BCUT2D eigenvalue weighted by Gasteiger charge is -2.26. The number of aromatic nitrogens is 2. The van der Waals surface area contributed by atoms with Gasteiger partial charge in [-0.1, -0.05) is 30.7 Å². The van der Waals surface area contributed by atoms with Crippen LogP contribution in [0.3, 0.4) is 0 Å². The van der Waals surface area contributed by atoms with E-state index in [0.29, 0.717) is 46.0 Å². The molecule has 2 aromatic heterocycles. The SMILES string of the molecule is COc1ccc2c(O[C@@H]3C[C@@H](C(=O)N[C@]45C[C@H]4/C=C\CCCCCNc4ccccc4S(=O)(=O)NC5=O)N(C(=O)CCNC(C)=O)C3)cc(-c3csc(NC(C)C)n3)nc2c1. The number of rotatable bonds is 11. The highest BCUT2D eigenvalue weighted by Gasteiger charge is 2.61. The molecule has 2 aliphatic heterocycles. The number of methoxy groups -OCH3 is 1. The number of ether oxygens (including phenoxy) is 2. The van der Waals surface area contributed by atoms with Gasteiger partial charge in [-0.3, -0.25) is 19.2 Å². The van der Waals surface area contributed by atoms with E-state index in [1.807, 2.05) is 37.4 Å². The van der Waals surface area contributed by atoms with Crippen LogP contribution in [-0.2, 0) is 29.2 Å². The number of fused-ring (bicyclic) bond motifs is 3. The molecule has 0 unspecified atom stereocenters. The van der Waals surface area contributed by atoms with Gasteiger partial charge in [0.05, 0.1) is 30.6 Å². The Labute approximate surface area is 359 Å². The van der Waals surface area contributed by atoms with Gasteiger partial charge in [0.15, 0.2) is 5.13 Å². The molecule has 2 aromatic carbocycles. The fraction of sp³-hybridized carbons (Fsp3) is 0.442. The van der Waals surface area contributed by atoms with Gasteiger partial charge in [-0.25, -0.2) is 23.1 Å². The van der Waals surface area contributed by atoms with Crippen molar-refractivity contribution in [2.24, 2.45) is 5.92 Å². The molecule has 18 heteroatoms. The fourth-order valence-electron chi connectivity index (χ4n) is 7.76. The molecule has 5 N–H and O–H groups in total. The summed E-state index contributed by atoms with van der Waals surface area (Å²) < 4.78 is 42.0. The van der Waals surface area contributed by atoms with E-state index in [9.17, 15) is 27.6 Å². The van der Waals surface area contributed by atoms with Gasteiger partial charge in [0.1, 0.15) is 39.8 Å². The molecule has 7 rings (SSSR count). The van der Waals surface area contributed by atoms with E-state index in [1.165, 1.54) is 29.2 Å². The second-order valence-electron chi connectivity index (χ2n) is 15.9. The van der Waals surface area contributed by atoms with Crippen LogP contribution in [0.1, 0.15) is 65.7 Å². The normalized spacial score (nSPS) is 22.9. The zero-order valence-electron chi connectivity index (χ0n) is 34.7. The molecule has 2 fully saturated rings. The maximum absolute atomic E-state index is 14.5. The molecule has 4 aromatic rings. The first kappa shape index (κ1) is 43.3. The summed E-state index contributed by atoms with van der Waals surface area (Å²) in [4.78, 5) is 65.2. The monoisotopic (exact) mass is 872 g/mol. The highest BCUT2D eigenvalue weighted by molar-refractivity contribution is 7.90. The number of carbonyl (C=O) groups is 4. The van der Waals surface area contributed by atoms with E-state index in [1.54, 1.807) is 43.5 Å². The minimum Gasteiger partial charge on any atom is -0.497 e. The number of pyridine rings is 1. The van der Waals surface area contributed by atoms with Crippen molar-refractivity contribution in [3.05, 3.63) is 66.1 Å². The molecule has 16 nitrogen and oxygen atoms in total. The van der Waals surface area contributed by atoms with E-state index in [2.05, 4.69) is 26.0 Å². The Kier molecular flexibility index (Phi) is 13.1. The van der Waals surface area contributed by atoms with Gasteiger partial charge < -0.3 is 35.6 Å². The Balaban J connectivity index is 1.18. The van der Waals surface area contributed by atoms with Crippen LogP contribution in [0.25, 0.3) is 22.3 Å². The molecule has 4 amide bonds. The fourth-order valence-corrected chi connectivity index (χ4v) is 9.83. The van der Waals surface area contributed by atoms with Crippen molar-refractivity contribution in [2.75, 3.05) is 37.4 Å². The Hall–Kier alpha value is -5.75. The predicted octanol–water partition coefficient (Wildman–Crippen LogP) is 4.98. The number of likely N-dealkylation sites (tertiary alicyclic amines) is 1. The zero-order valence-corrected chi connectivity index (χ0v) is 36.3. The molecule has 4 atom stereocenters. The van der Waals surface area contributed by atoms with Crippen molar-refractivity contribution < 1.29 is 37.1 Å². The largest absolute Gasteiger partial charge is 0.497 e. The standard InChI is InChI=1S/C43H52N8O8S2/c1-26(2)46-42-48-35(25-60-42)34-22-37(31-16-15-29(58-4)20-33(31)47-34)59-30-21-36(51(24-30)39(53)17-19-44-27(3)52)40(54)49-43-23-28(43)12-8-6-5-7-11-18-45-32-13-9-10-14-38(32)61(56,57)50-41(43)55/h8-10,12-16,20,22,25-26,28,30,36,45H,5-7,11,17-19,21,23-24H2,1-4H3,(H,44,52)(H,46,48)(H,49,54)(H,50,55)/b12-8-/t28-,30-,36+,43-/m1/s1. The number of nitrogens with zero attached hydrogens (tertiary/aromatic N) is 3. The summed E-state index contributed by atoms with van der Waals surface area (Å²) in [5, 5.41) is 15.4. The third-order valence-electron chi connectivity index (χ3n) is 11.0. The zero-order chi connectivity index (χ0) is 43.3. The summed E-state index contributed by atoms with van der Waals surface area (Å²) >= 11 is 1.45. The molecule has 324 valence electrons. The van der Waals surface area contributed by atoms with Gasteiger partial charge in [-0.05, 0) is 63.8 Å². The number of benzene rings is 2. The quantitative estimate of drug-likeness (QED) is 0.126. The van der Waals surface area contributed by atoms with E-state index in [-0.39, 0.29) is 49.2 Å². The summed E-state index contributed by atoms with van der Waals surface area (Å²) in [5.41, 5.74) is 0.560. The molecule has 1 saturated heterocycles. The van der Waals surface area contributed by atoms with Crippen LogP contribution in [0, 0.1) is 5.92 Å². The van der Waals surface area contributed by atoms with Gasteiger partial charge in [0.25, 0.3) is 15.9 Å². The molecule has 0 bridgehead atoms. The summed E-state index contributed by atoms with van der Waals surface area (Å²) in [5.74, 6) is -1.63. The van der Waals surface area contributed by atoms with Crippen LogP contribution in [-0.4, -0.2) is 97.4 Å². The van der Waals surface area contributed by atoms with Gasteiger partial charge >= 0.3 is 0 Å². The maximum Gasteiger partial charge on any atom is 0.266 e. The molecule has 0 spiro atoms. The topological polar surface area (TPSA) is 210 Å². The molecule has 4 heterocycles. The van der Waals surface area contributed by atoms with Crippen molar-refractivity contribution in [2.45, 2.75) is 94.3 Å². The molecular weight excluding hydrogens is 821 g/mol. The molecule has 0 radical (unpaired) electrons. The number of thiazole rings is 1. The number of allylic oxidation sites excluding steroid dienone is 1. The number of hydrogen-bond donors (Lipinski definition) is 5. The van der Waals surface area contributed by atoms with Crippen LogP contribution in [0.15, 0.2) is 71.0 Å². The van der Waals surface area contributed by atoms with Crippen molar-refractivity contribution in [3.63, 3.8) is 0 Å². The Morgan fingerprint density at radius 1 is 1.07 bits per heavy atom. The number of sulfonamides is 1. The first-order chi connectivity index (χ1) is 29.3. The average Bonchev–Trinajstić information content (AvgIpc) is 3.48. The predicted molar refractivity (Wildman–Crippen MR) is 233 cm³/mol. The molecule has 1 saturated carbocycles. The van der Waals surface area contributed by atoms with Gasteiger partial charge in [-0.15, -0.1) is 11.3 Å². The van der Waals surface area contributed by atoms with Crippen molar-refractivity contribution in [1.82, 2.24) is 30.2 Å². The third kappa shape index (κ3) is 10.1. The molecule has 1 aliphatic carbocycles. The number of carbonyl (C=O) groups excluding carboxylic acids is 4. The first-order valence-corrected chi connectivity index (χ1v) is 22.9. The van der Waals surface area contributed by atoms with E-state index in [4.69, 9.17) is 19.4 Å². The van der Waals surface area contributed by atoms with Crippen LogP contribution < -0.4 is 35.5 Å². The number of anilines is 2. The number of hydrogen-bond acceptors (Lipinski definition) is 13. The van der Waals surface area contributed by atoms with Crippen molar-refractivity contribution in [1.29, 1.82) is 0 Å². The summed E-state index contributed by atoms with van der Waals surface area (Å²) in [6.07, 6.45) is 6.69. The number of amides is 4. The van der Waals surface area contributed by atoms with E-state index >= 15 is 0 Å². The lowest BCUT2D eigenvalue weighted by atomic mass is 10.1. The minimum atomic E-state index is -4.36. The van der Waals surface area contributed by atoms with Crippen LogP contribution in [0.4, 0.5) is 10.8 Å². The highest BCUT2D eigenvalue weighted by Crippen LogP contribution is 2.46. The van der Waals surface area contributed by atoms with E-state index < -0.39 is 51.3 Å². The van der Waals surface area contributed by atoms with Crippen LogP contribution >= 0.6 is 11.3 Å². The Morgan fingerprint density at radius 3 is 2.67 bits per heavy atom. The molecule has 61 heavy (non-hydrogen) atoms. The number of nitrogens with one attached hydrogen (secondary N) is 5. The van der Waals surface area contributed by atoms with E-state index in [0.717, 1.165) is 30.8 Å². The molecular formula is C43H52N8O8S2. The minimum absolute atomic E-state index is 0.0200. The van der Waals surface area contributed by atoms with Crippen LogP contribution in [0.5, 0.6) is 11.5 Å². The second-order valence-corrected chi connectivity index (χ2v) is 18.4. The average molecular weight is 873 g/mol. The van der Waals surface area contributed by atoms with Gasteiger partial charge in [-0.2, -0.15) is 0 Å². The Bertz CT molecular complexity index is 2440. The lowest BCUT2D eigenvalue weighted by Crippen LogP contribution is -2.56. The Morgan fingerprint density at radius 2 is 1.89 bits per heavy atom. The van der Waals surface area contributed by atoms with Crippen molar-refractivity contribution >= 4 is 66.7 Å². The van der Waals surface area contributed by atoms with Gasteiger partial charge in [0.2, 0.25) is 17.7 Å². The smallest absolute Gasteiger partial charge is 0.266 e. The van der Waals surface area contributed by atoms with Gasteiger partial charge in [0, 0.05) is 67.7 Å².